The van der Waals surface area contributed by atoms with Crippen LogP contribution < -0.4 is 9.47 Å². The van der Waals surface area contributed by atoms with Crippen LogP contribution in [0, 0.1) is 17.8 Å². The summed E-state index contributed by atoms with van der Waals surface area (Å²) in [5, 5.41) is 19.5. The molecule has 0 spiro atoms. The zero-order valence-electron chi connectivity index (χ0n) is 16.6. The van der Waals surface area contributed by atoms with Crippen LogP contribution in [0.25, 0.3) is 0 Å². The summed E-state index contributed by atoms with van der Waals surface area (Å²) in [4.78, 5) is 41.4. The van der Waals surface area contributed by atoms with Gasteiger partial charge in [0.05, 0.1) is 14.2 Å². The van der Waals surface area contributed by atoms with E-state index in [-0.39, 0.29) is 5.57 Å². The van der Waals surface area contributed by atoms with Crippen molar-refractivity contribution in [2.24, 2.45) is 22.7 Å². The molecule has 2 aliphatic rings. The molecule has 0 saturated heterocycles. The van der Waals surface area contributed by atoms with E-state index in [4.69, 9.17) is 9.47 Å². The molecule has 4 atom stereocenters. The van der Waals surface area contributed by atoms with Gasteiger partial charge in [-0.25, -0.2) is 0 Å². The lowest BCUT2D eigenvalue weighted by atomic mass is 9.67. The Hall–Kier alpha value is -3.16. The minimum Gasteiger partial charge on any atom is -0.493 e. The smallest absolute Gasteiger partial charge is 0.314 e. The number of carbonyl (C=O) groups is 3. The number of benzene rings is 1. The number of methoxy groups -OCH3 is 2. The van der Waals surface area contributed by atoms with Crippen LogP contribution in [0.5, 0.6) is 11.5 Å². The van der Waals surface area contributed by atoms with Crippen molar-refractivity contribution < 1.29 is 34.1 Å². The molecule has 8 nitrogen and oxygen atoms in total. The maximum Gasteiger partial charge on any atom is 0.314 e. The molecule has 1 aromatic carbocycles. The molecular weight excluding hydrogens is 378 g/mol. The van der Waals surface area contributed by atoms with Crippen molar-refractivity contribution in [1.82, 2.24) is 0 Å². The molecule has 0 saturated carbocycles. The second kappa shape index (κ2) is 7.69. The summed E-state index contributed by atoms with van der Waals surface area (Å²) in [7, 11) is 2.95. The standard InChI is InChI=1S/C21H23NO7/c1-9-7-12-18(19(23)15(9)20(24)25)17(16(21(26)27)10(2)22-12)11-5-6-13(28-3)14(8-11)29-4/h5-6,8-9,15-17H,7H2,1-4H3,(H,24,25)(H,26,27). The van der Waals surface area contributed by atoms with E-state index in [1.165, 1.54) is 14.2 Å². The minimum atomic E-state index is -1.22. The SMILES string of the molecule is COc1ccc(C2C3=C(CC(C)C(C(=O)O)C3=O)N=C(C)C2C(=O)O)cc1OC. The third kappa shape index (κ3) is 3.39. The Kier molecular flexibility index (Phi) is 5.46. The van der Waals surface area contributed by atoms with Crippen molar-refractivity contribution in [2.45, 2.75) is 26.2 Å². The fourth-order valence-corrected chi connectivity index (χ4v) is 4.31. The van der Waals surface area contributed by atoms with Gasteiger partial charge in [-0.1, -0.05) is 13.0 Å². The third-order valence-electron chi connectivity index (χ3n) is 5.65. The van der Waals surface area contributed by atoms with Crippen LogP contribution in [-0.4, -0.2) is 47.9 Å². The number of allylic oxidation sites excluding steroid dienone is 2. The summed E-state index contributed by atoms with van der Waals surface area (Å²) in [5.41, 5.74) is 1.55. The highest BCUT2D eigenvalue weighted by molar-refractivity contribution is 6.13. The molecule has 1 aromatic rings. The maximum absolute atomic E-state index is 13.2. The lowest BCUT2D eigenvalue weighted by Crippen LogP contribution is -2.42. The molecule has 3 rings (SSSR count). The minimum absolute atomic E-state index is 0.167. The molecule has 0 aromatic heterocycles. The highest BCUT2D eigenvalue weighted by Gasteiger charge is 2.48. The molecule has 1 aliphatic carbocycles. The van der Waals surface area contributed by atoms with Crippen LogP contribution in [0.1, 0.15) is 31.7 Å². The second-order valence-electron chi connectivity index (χ2n) is 7.38. The molecular formula is C21H23NO7. The van der Waals surface area contributed by atoms with Gasteiger partial charge in [0, 0.05) is 22.9 Å². The van der Waals surface area contributed by atoms with E-state index in [0.29, 0.717) is 34.9 Å². The van der Waals surface area contributed by atoms with E-state index < -0.39 is 41.4 Å². The lowest BCUT2D eigenvalue weighted by Gasteiger charge is -2.37. The lowest BCUT2D eigenvalue weighted by molar-refractivity contribution is -0.147. The molecule has 8 heteroatoms. The fraction of sp³-hybridized carbons (Fsp3) is 0.429. The first-order valence-electron chi connectivity index (χ1n) is 9.21. The van der Waals surface area contributed by atoms with Gasteiger partial charge in [0.25, 0.3) is 0 Å². The highest BCUT2D eigenvalue weighted by atomic mass is 16.5. The van der Waals surface area contributed by atoms with E-state index >= 15 is 0 Å². The van der Waals surface area contributed by atoms with Crippen molar-refractivity contribution in [1.29, 1.82) is 0 Å². The largest absolute Gasteiger partial charge is 0.493 e. The molecule has 0 fully saturated rings. The monoisotopic (exact) mass is 401 g/mol. The number of ether oxygens (including phenoxy) is 2. The summed E-state index contributed by atoms with van der Waals surface area (Å²) in [5.74, 6) is -5.65. The fourth-order valence-electron chi connectivity index (χ4n) is 4.31. The Bertz CT molecular complexity index is 946. The predicted molar refractivity (Wildman–Crippen MR) is 103 cm³/mol. The van der Waals surface area contributed by atoms with Gasteiger partial charge in [0.1, 0.15) is 11.8 Å². The van der Waals surface area contributed by atoms with Gasteiger partial charge >= 0.3 is 11.9 Å². The van der Waals surface area contributed by atoms with E-state index in [0.717, 1.165) is 0 Å². The molecule has 0 bridgehead atoms. The Balaban J connectivity index is 2.23. The van der Waals surface area contributed by atoms with Crippen LogP contribution in [0.3, 0.4) is 0 Å². The summed E-state index contributed by atoms with van der Waals surface area (Å²) in [6, 6.07) is 4.94. The number of carboxylic acids is 2. The number of Topliss-reactive ketones (excluding diaryl/α,β-unsaturated/α-hetero) is 1. The number of nitrogens with zero attached hydrogens (tertiary/aromatic N) is 1. The Morgan fingerprint density at radius 2 is 1.69 bits per heavy atom. The van der Waals surface area contributed by atoms with Crippen LogP contribution in [0.15, 0.2) is 34.5 Å². The summed E-state index contributed by atoms with van der Waals surface area (Å²) < 4.78 is 10.6. The van der Waals surface area contributed by atoms with Crippen LogP contribution >= 0.6 is 0 Å². The van der Waals surface area contributed by atoms with Crippen molar-refractivity contribution in [3.8, 4) is 11.5 Å². The zero-order chi connectivity index (χ0) is 21.5. The first kappa shape index (κ1) is 20.6. The number of hydrogen-bond donors (Lipinski definition) is 2. The quantitative estimate of drug-likeness (QED) is 0.727. The second-order valence-corrected chi connectivity index (χ2v) is 7.38. The Labute approximate surface area is 167 Å². The summed E-state index contributed by atoms with van der Waals surface area (Å²) in [6.45, 7) is 3.31. The maximum atomic E-state index is 13.2. The average Bonchev–Trinajstić information content (AvgIpc) is 2.65. The Morgan fingerprint density at radius 1 is 1.07 bits per heavy atom. The van der Waals surface area contributed by atoms with Crippen LogP contribution in [0.4, 0.5) is 0 Å². The molecule has 1 heterocycles. The van der Waals surface area contributed by atoms with E-state index in [9.17, 15) is 24.6 Å². The third-order valence-corrected chi connectivity index (χ3v) is 5.65. The molecule has 29 heavy (non-hydrogen) atoms. The van der Waals surface area contributed by atoms with Gasteiger partial charge < -0.3 is 19.7 Å². The predicted octanol–water partition coefficient (Wildman–Crippen LogP) is 2.53. The number of hydrogen-bond acceptors (Lipinski definition) is 6. The number of ketones is 1. The zero-order valence-corrected chi connectivity index (χ0v) is 16.6. The van der Waals surface area contributed by atoms with Crippen molar-refractivity contribution in [3.63, 3.8) is 0 Å². The topological polar surface area (TPSA) is 122 Å². The van der Waals surface area contributed by atoms with E-state index in [2.05, 4.69) is 4.99 Å². The summed E-state index contributed by atoms with van der Waals surface area (Å²) >= 11 is 0. The number of rotatable bonds is 5. The van der Waals surface area contributed by atoms with Gasteiger partial charge in [-0.15, -0.1) is 0 Å². The molecule has 0 amide bonds. The molecule has 4 unspecified atom stereocenters. The normalized spacial score (nSPS) is 26.5. The van der Waals surface area contributed by atoms with E-state index in [1.54, 1.807) is 32.0 Å². The van der Waals surface area contributed by atoms with Gasteiger partial charge in [-0.3, -0.25) is 19.4 Å². The summed E-state index contributed by atoms with van der Waals surface area (Å²) in [6.07, 6.45) is 0.297. The molecule has 1 aliphatic heterocycles. The van der Waals surface area contributed by atoms with Crippen molar-refractivity contribution in [2.75, 3.05) is 14.2 Å². The van der Waals surface area contributed by atoms with Gasteiger partial charge in [-0.2, -0.15) is 0 Å². The molecule has 0 radical (unpaired) electrons. The van der Waals surface area contributed by atoms with Crippen molar-refractivity contribution >= 4 is 23.4 Å². The highest BCUT2D eigenvalue weighted by Crippen LogP contribution is 2.47. The van der Waals surface area contributed by atoms with E-state index in [1.807, 2.05) is 0 Å². The number of aliphatic carboxylic acids is 2. The van der Waals surface area contributed by atoms with Crippen molar-refractivity contribution in [3.05, 3.63) is 35.0 Å². The first-order valence-corrected chi connectivity index (χ1v) is 9.21. The molecule has 154 valence electrons. The number of aliphatic imine (C=N–C) groups is 1. The Morgan fingerprint density at radius 3 is 2.24 bits per heavy atom. The average molecular weight is 401 g/mol. The van der Waals surface area contributed by atoms with Crippen LogP contribution in [0.2, 0.25) is 0 Å². The number of carbonyl (C=O) groups excluding carboxylic acids is 1. The van der Waals surface area contributed by atoms with Gasteiger partial charge in [0.2, 0.25) is 0 Å². The van der Waals surface area contributed by atoms with Crippen LogP contribution in [-0.2, 0) is 14.4 Å². The first-order chi connectivity index (χ1) is 13.7. The van der Waals surface area contributed by atoms with Gasteiger partial charge in [-0.05, 0) is 37.0 Å². The molecule has 2 N–H and O–H groups in total. The number of carboxylic acid groups (broad SMARTS) is 2. The van der Waals surface area contributed by atoms with Gasteiger partial charge in [0.15, 0.2) is 17.3 Å².